The van der Waals surface area contributed by atoms with E-state index in [1.165, 1.54) is 6.08 Å². The number of carboxylic acid groups (broad SMARTS) is 1. The molecular formula is C17H16N2O3. The number of carbonyl (C=O) groups excluding carboxylic acids is 1. The highest BCUT2D eigenvalue weighted by molar-refractivity contribution is 5.91. The Kier molecular flexibility index (Phi) is 5.03. The zero-order valence-corrected chi connectivity index (χ0v) is 12.1. The fourth-order valence-corrected chi connectivity index (χ4v) is 1.97. The number of aromatic nitrogens is 1. The Labute approximate surface area is 128 Å². The minimum Gasteiger partial charge on any atom is -0.478 e. The third-order valence-electron chi connectivity index (χ3n) is 3.10. The highest BCUT2D eigenvalue weighted by atomic mass is 16.4. The van der Waals surface area contributed by atoms with Crippen molar-refractivity contribution in [3.05, 3.63) is 71.1 Å². The van der Waals surface area contributed by atoms with Gasteiger partial charge in [-0.2, -0.15) is 0 Å². The lowest BCUT2D eigenvalue weighted by Crippen LogP contribution is -2.20. The molecule has 0 saturated heterocycles. The van der Waals surface area contributed by atoms with Crippen molar-refractivity contribution in [2.75, 3.05) is 0 Å². The third-order valence-corrected chi connectivity index (χ3v) is 3.10. The second kappa shape index (κ2) is 7.17. The van der Waals surface area contributed by atoms with Crippen LogP contribution in [0, 0.1) is 6.92 Å². The van der Waals surface area contributed by atoms with Crippen molar-refractivity contribution >= 4 is 18.0 Å². The topological polar surface area (TPSA) is 79.3 Å². The molecule has 2 N–H and O–H groups in total. The maximum absolute atomic E-state index is 11.7. The molecule has 2 rings (SSSR count). The standard InChI is InChI=1S/C17H16N2O3/c1-12-9-14(4-6-15(12)17(21)22)11-19-16(20)7-5-13-3-2-8-18-10-13/h2-10H,11H2,1H3,(H,19,20)(H,21,22). The molecule has 1 aromatic heterocycles. The van der Waals surface area contributed by atoms with E-state index in [9.17, 15) is 9.59 Å². The third kappa shape index (κ3) is 4.28. The van der Waals surface area contributed by atoms with Gasteiger partial charge in [0.1, 0.15) is 0 Å². The van der Waals surface area contributed by atoms with Gasteiger partial charge in [-0.05, 0) is 41.8 Å². The van der Waals surface area contributed by atoms with Crippen molar-refractivity contribution in [2.24, 2.45) is 0 Å². The van der Waals surface area contributed by atoms with Crippen LogP contribution in [0.2, 0.25) is 0 Å². The van der Waals surface area contributed by atoms with Crippen molar-refractivity contribution in [3.8, 4) is 0 Å². The summed E-state index contributed by atoms with van der Waals surface area (Å²) in [5, 5.41) is 11.7. The van der Waals surface area contributed by atoms with Crippen LogP contribution in [0.15, 0.2) is 48.8 Å². The lowest BCUT2D eigenvalue weighted by Gasteiger charge is -2.06. The summed E-state index contributed by atoms with van der Waals surface area (Å²) in [6.45, 7) is 2.08. The van der Waals surface area contributed by atoms with Gasteiger partial charge in [-0.3, -0.25) is 9.78 Å². The van der Waals surface area contributed by atoms with Crippen molar-refractivity contribution in [1.82, 2.24) is 10.3 Å². The first kappa shape index (κ1) is 15.4. The zero-order valence-electron chi connectivity index (χ0n) is 12.1. The number of hydrogen-bond donors (Lipinski definition) is 2. The van der Waals surface area contributed by atoms with Gasteiger partial charge >= 0.3 is 5.97 Å². The van der Waals surface area contributed by atoms with Crippen molar-refractivity contribution < 1.29 is 14.7 Å². The van der Waals surface area contributed by atoms with E-state index in [2.05, 4.69) is 10.3 Å². The molecule has 0 atom stereocenters. The Morgan fingerprint density at radius 1 is 1.32 bits per heavy atom. The van der Waals surface area contributed by atoms with Crippen LogP contribution in [0.25, 0.3) is 6.08 Å². The maximum atomic E-state index is 11.7. The highest BCUT2D eigenvalue weighted by Gasteiger charge is 2.07. The lowest BCUT2D eigenvalue weighted by molar-refractivity contribution is -0.116. The van der Waals surface area contributed by atoms with E-state index in [1.807, 2.05) is 6.07 Å². The molecule has 0 unspecified atom stereocenters. The van der Waals surface area contributed by atoms with Crippen molar-refractivity contribution in [2.45, 2.75) is 13.5 Å². The predicted molar refractivity (Wildman–Crippen MR) is 83.3 cm³/mol. The normalized spacial score (nSPS) is 10.6. The summed E-state index contributed by atoms with van der Waals surface area (Å²) in [6.07, 6.45) is 6.45. The van der Waals surface area contributed by atoms with Crippen LogP contribution < -0.4 is 5.32 Å². The number of aromatic carboxylic acids is 1. The molecule has 2 aromatic rings. The molecule has 0 aliphatic rings. The van der Waals surface area contributed by atoms with Gasteiger partial charge in [0.15, 0.2) is 0 Å². The van der Waals surface area contributed by atoms with Crippen LogP contribution in [0.5, 0.6) is 0 Å². The number of carbonyl (C=O) groups is 2. The number of benzene rings is 1. The van der Waals surface area contributed by atoms with E-state index >= 15 is 0 Å². The van der Waals surface area contributed by atoms with Crippen LogP contribution in [0.3, 0.4) is 0 Å². The number of pyridine rings is 1. The molecule has 0 aliphatic carbocycles. The molecule has 0 radical (unpaired) electrons. The molecule has 0 aliphatic heterocycles. The molecule has 0 bridgehead atoms. The Morgan fingerprint density at radius 2 is 2.14 bits per heavy atom. The largest absolute Gasteiger partial charge is 0.478 e. The molecule has 1 aromatic carbocycles. The lowest BCUT2D eigenvalue weighted by atomic mass is 10.1. The number of aryl methyl sites for hydroxylation is 1. The number of hydrogen-bond acceptors (Lipinski definition) is 3. The average molecular weight is 296 g/mol. The Hall–Kier alpha value is -2.95. The van der Waals surface area contributed by atoms with Gasteiger partial charge in [0.2, 0.25) is 5.91 Å². The van der Waals surface area contributed by atoms with Crippen LogP contribution in [-0.2, 0) is 11.3 Å². The quantitative estimate of drug-likeness (QED) is 0.830. The fraction of sp³-hybridized carbons (Fsp3) is 0.118. The average Bonchev–Trinajstić information content (AvgIpc) is 2.51. The first-order chi connectivity index (χ1) is 10.6. The molecule has 5 nitrogen and oxygen atoms in total. The molecule has 5 heteroatoms. The van der Waals surface area contributed by atoms with Gasteiger partial charge in [-0.1, -0.05) is 18.2 Å². The monoisotopic (exact) mass is 296 g/mol. The van der Waals surface area contributed by atoms with Gasteiger partial charge in [-0.15, -0.1) is 0 Å². The van der Waals surface area contributed by atoms with Crippen LogP contribution >= 0.6 is 0 Å². The number of nitrogens with zero attached hydrogens (tertiary/aromatic N) is 1. The summed E-state index contributed by atoms with van der Waals surface area (Å²) in [5.74, 6) is -1.17. The second-order valence-corrected chi connectivity index (χ2v) is 4.79. The summed E-state index contributed by atoms with van der Waals surface area (Å²) in [6, 6.07) is 8.65. The minimum atomic E-state index is -0.951. The molecule has 0 saturated carbocycles. The Morgan fingerprint density at radius 3 is 2.77 bits per heavy atom. The smallest absolute Gasteiger partial charge is 0.335 e. The molecule has 0 spiro atoms. The van der Waals surface area contributed by atoms with Gasteiger partial charge in [0.25, 0.3) is 0 Å². The van der Waals surface area contributed by atoms with Crippen LogP contribution in [-0.4, -0.2) is 22.0 Å². The molecule has 0 fully saturated rings. The number of carboxylic acids is 1. The molecule has 1 amide bonds. The van der Waals surface area contributed by atoms with Crippen LogP contribution in [0.1, 0.15) is 27.0 Å². The summed E-state index contributed by atoms with van der Waals surface area (Å²) >= 11 is 0. The van der Waals surface area contributed by atoms with Gasteiger partial charge in [0, 0.05) is 25.0 Å². The van der Waals surface area contributed by atoms with Gasteiger partial charge in [0.05, 0.1) is 5.56 Å². The Balaban J connectivity index is 1.93. The van der Waals surface area contributed by atoms with E-state index in [-0.39, 0.29) is 11.5 Å². The van der Waals surface area contributed by atoms with E-state index < -0.39 is 5.97 Å². The zero-order chi connectivity index (χ0) is 15.9. The first-order valence-corrected chi connectivity index (χ1v) is 6.75. The van der Waals surface area contributed by atoms with Gasteiger partial charge in [-0.25, -0.2) is 4.79 Å². The predicted octanol–water partition coefficient (Wildman–Crippen LogP) is 2.42. The van der Waals surface area contributed by atoms with E-state index in [0.29, 0.717) is 12.1 Å². The first-order valence-electron chi connectivity index (χ1n) is 6.75. The van der Waals surface area contributed by atoms with Crippen molar-refractivity contribution in [1.29, 1.82) is 0 Å². The molecule has 1 heterocycles. The van der Waals surface area contributed by atoms with E-state index in [4.69, 9.17) is 5.11 Å². The van der Waals surface area contributed by atoms with E-state index in [0.717, 1.165) is 11.1 Å². The number of amides is 1. The number of nitrogens with one attached hydrogen (secondary N) is 1. The SMILES string of the molecule is Cc1cc(CNC(=O)C=Cc2cccnc2)ccc1C(=O)O. The molecule has 22 heavy (non-hydrogen) atoms. The Bertz CT molecular complexity index is 709. The van der Waals surface area contributed by atoms with E-state index in [1.54, 1.807) is 49.7 Å². The highest BCUT2D eigenvalue weighted by Crippen LogP contribution is 2.11. The van der Waals surface area contributed by atoms with Crippen molar-refractivity contribution in [3.63, 3.8) is 0 Å². The summed E-state index contributed by atoms with van der Waals surface area (Å²) in [7, 11) is 0. The molecule has 112 valence electrons. The maximum Gasteiger partial charge on any atom is 0.335 e. The minimum absolute atomic E-state index is 0.219. The second-order valence-electron chi connectivity index (χ2n) is 4.79. The fourth-order valence-electron chi connectivity index (χ4n) is 1.97. The summed E-state index contributed by atoms with van der Waals surface area (Å²) in [5.41, 5.74) is 2.64. The summed E-state index contributed by atoms with van der Waals surface area (Å²) in [4.78, 5) is 26.6. The van der Waals surface area contributed by atoms with Gasteiger partial charge < -0.3 is 10.4 Å². The molecular weight excluding hydrogens is 280 g/mol. The summed E-state index contributed by atoms with van der Waals surface area (Å²) < 4.78 is 0. The van der Waals surface area contributed by atoms with Crippen LogP contribution in [0.4, 0.5) is 0 Å². The number of rotatable bonds is 5.